The van der Waals surface area contributed by atoms with E-state index in [0.717, 1.165) is 12.8 Å². The van der Waals surface area contributed by atoms with Crippen molar-refractivity contribution >= 4 is 17.6 Å². The van der Waals surface area contributed by atoms with E-state index in [-0.39, 0.29) is 6.61 Å². The lowest BCUT2D eigenvalue weighted by molar-refractivity contribution is -0.153. The maximum atomic E-state index is 14.3. The Hall–Kier alpha value is -2.69. The van der Waals surface area contributed by atoms with Gasteiger partial charge in [0.05, 0.1) is 5.41 Å². The van der Waals surface area contributed by atoms with Gasteiger partial charge in [-0.15, -0.1) is 0 Å². The van der Waals surface area contributed by atoms with Crippen LogP contribution in [0.5, 0.6) is 0 Å². The fraction of sp³-hybridized carbons (Fsp3) is 0.391. The van der Waals surface area contributed by atoms with E-state index in [9.17, 15) is 14.0 Å². The molecule has 0 atom stereocenters. The van der Waals surface area contributed by atoms with Gasteiger partial charge in [-0.05, 0) is 42.5 Å². The van der Waals surface area contributed by atoms with Crippen molar-refractivity contribution in [1.82, 2.24) is 0 Å². The summed E-state index contributed by atoms with van der Waals surface area (Å²) in [5, 5.41) is 2.73. The summed E-state index contributed by atoms with van der Waals surface area (Å²) >= 11 is 0. The van der Waals surface area contributed by atoms with Crippen molar-refractivity contribution in [1.29, 1.82) is 0 Å². The number of benzene rings is 2. The number of carbonyl (C=O) groups is 2. The first-order valence-corrected chi connectivity index (χ1v) is 9.74. The topological polar surface area (TPSA) is 55.4 Å². The Morgan fingerprint density at radius 2 is 1.71 bits per heavy atom. The van der Waals surface area contributed by atoms with Gasteiger partial charge in [-0.3, -0.25) is 9.59 Å². The molecule has 1 fully saturated rings. The van der Waals surface area contributed by atoms with Crippen LogP contribution in [0.25, 0.3) is 0 Å². The molecule has 0 bridgehead atoms. The minimum absolute atomic E-state index is 0.363. The van der Waals surface area contributed by atoms with Gasteiger partial charge in [0, 0.05) is 11.3 Å². The van der Waals surface area contributed by atoms with Crippen molar-refractivity contribution in [2.24, 2.45) is 0 Å². The number of ether oxygens (including phenoxy) is 1. The van der Waals surface area contributed by atoms with Gasteiger partial charge in [-0.1, -0.05) is 57.0 Å². The summed E-state index contributed by atoms with van der Waals surface area (Å²) in [5.74, 6) is -0.935. The Balaban J connectivity index is 1.63. The number of halogens is 1. The molecular weight excluding hydrogens is 357 g/mol. The van der Waals surface area contributed by atoms with Crippen LogP contribution in [0.15, 0.2) is 48.5 Å². The number of anilines is 1. The first kappa shape index (κ1) is 20.1. The summed E-state index contributed by atoms with van der Waals surface area (Å²) in [6.07, 6.45) is 2.73. The summed E-state index contributed by atoms with van der Waals surface area (Å²) < 4.78 is 19.7. The Kier molecular flexibility index (Phi) is 6.12. The molecule has 5 heteroatoms. The second-order valence-electron chi connectivity index (χ2n) is 7.67. The highest BCUT2D eigenvalue weighted by molar-refractivity contribution is 5.94. The number of rotatable bonds is 6. The lowest BCUT2D eigenvalue weighted by atomic mass is 9.78. The highest BCUT2D eigenvalue weighted by atomic mass is 19.1. The largest absolute Gasteiger partial charge is 0.455 e. The van der Waals surface area contributed by atoms with Crippen LogP contribution in [-0.4, -0.2) is 18.5 Å². The van der Waals surface area contributed by atoms with Crippen molar-refractivity contribution in [2.45, 2.75) is 50.9 Å². The van der Waals surface area contributed by atoms with Crippen LogP contribution >= 0.6 is 0 Å². The van der Waals surface area contributed by atoms with E-state index in [1.54, 1.807) is 18.2 Å². The molecule has 0 aliphatic heterocycles. The molecule has 0 spiro atoms. The van der Waals surface area contributed by atoms with Crippen LogP contribution in [0, 0.1) is 5.82 Å². The maximum absolute atomic E-state index is 14.3. The first-order chi connectivity index (χ1) is 13.4. The third kappa shape index (κ3) is 4.24. The zero-order valence-electron chi connectivity index (χ0n) is 16.3. The predicted molar refractivity (Wildman–Crippen MR) is 107 cm³/mol. The molecule has 1 saturated carbocycles. The lowest BCUT2D eigenvalue weighted by Crippen LogP contribution is -2.37. The number of nitrogens with one attached hydrogen (secondary N) is 1. The molecule has 1 N–H and O–H groups in total. The molecule has 0 unspecified atom stereocenters. The van der Waals surface area contributed by atoms with E-state index in [2.05, 4.69) is 19.2 Å². The molecule has 0 saturated heterocycles. The molecule has 0 radical (unpaired) electrons. The van der Waals surface area contributed by atoms with E-state index in [1.165, 1.54) is 11.6 Å². The Morgan fingerprint density at radius 3 is 2.32 bits per heavy atom. The van der Waals surface area contributed by atoms with Crippen LogP contribution in [0.4, 0.5) is 10.1 Å². The van der Waals surface area contributed by atoms with Crippen molar-refractivity contribution in [3.05, 3.63) is 65.5 Å². The molecule has 1 aliphatic carbocycles. The molecule has 2 aromatic carbocycles. The minimum atomic E-state index is -0.995. The summed E-state index contributed by atoms with van der Waals surface area (Å²) in [4.78, 5) is 25.0. The van der Waals surface area contributed by atoms with E-state index < -0.39 is 23.1 Å². The van der Waals surface area contributed by atoms with Gasteiger partial charge in [-0.2, -0.15) is 0 Å². The Labute approximate surface area is 165 Å². The van der Waals surface area contributed by atoms with Gasteiger partial charge in [-0.25, -0.2) is 4.39 Å². The highest BCUT2D eigenvalue weighted by Gasteiger charge is 2.45. The number of esters is 1. The fourth-order valence-electron chi connectivity index (χ4n) is 3.83. The van der Waals surface area contributed by atoms with Gasteiger partial charge < -0.3 is 10.1 Å². The third-order valence-electron chi connectivity index (χ3n) is 5.43. The average molecular weight is 383 g/mol. The standard InChI is InChI=1S/C23H26FNO3/c1-16(2)17-9-11-18(12-10-17)25-21(26)15-28-22(27)23(13-5-6-14-23)19-7-3-4-8-20(19)24/h3-4,7-12,16H,5-6,13-15H2,1-2H3,(H,25,26). The zero-order valence-corrected chi connectivity index (χ0v) is 16.3. The summed E-state index contributed by atoms with van der Waals surface area (Å²) in [6.45, 7) is 3.81. The summed E-state index contributed by atoms with van der Waals surface area (Å²) in [6, 6.07) is 13.9. The summed E-state index contributed by atoms with van der Waals surface area (Å²) in [7, 11) is 0. The van der Waals surface area contributed by atoms with Crippen LogP contribution in [0.1, 0.15) is 56.6 Å². The van der Waals surface area contributed by atoms with Crippen molar-refractivity contribution in [3.8, 4) is 0 Å². The normalized spacial score (nSPS) is 15.4. The monoisotopic (exact) mass is 383 g/mol. The first-order valence-electron chi connectivity index (χ1n) is 9.74. The molecule has 148 valence electrons. The quantitative estimate of drug-likeness (QED) is 0.719. The van der Waals surface area contributed by atoms with E-state index in [1.807, 2.05) is 24.3 Å². The second kappa shape index (κ2) is 8.55. The lowest BCUT2D eigenvalue weighted by Gasteiger charge is -2.27. The minimum Gasteiger partial charge on any atom is -0.455 e. The smallest absolute Gasteiger partial charge is 0.317 e. The average Bonchev–Trinajstić information content (AvgIpc) is 3.18. The molecule has 28 heavy (non-hydrogen) atoms. The van der Waals surface area contributed by atoms with E-state index in [0.29, 0.717) is 30.0 Å². The Bertz CT molecular complexity index is 839. The number of hydrogen-bond donors (Lipinski definition) is 1. The zero-order chi connectivity index (χ0) is 20.1. The summed E-state index contributed by atoms with van der Waals surface area (Å²) in [5.41, 5.74) is 1.19. The van der Waals surface area contributed by atoms with Gasteiger partial charge in [0.2, 0.25) is 0 Å². The van der Waals surface area contributed by atoms with E-state index in [4.69, 9.17) is 4.74 Å². The van der Waals surface area contributed by atoms with Crippen LogP contribution in [0.2, 0.25) is 0 Å². The van der Waals surface area contributed by atoms with Crippen molar-refractivity contribution < 1.29 is 18.7 Å². The molecule has 1 aliphatic rings. The van der Waals surface area contributed by atoms with Crippen LogP contribution < -0.4 is 5.32 Å². The molecule has 3 rings (SSSR count). The molecule has 0 heterocycles. The predicted octanol–water partition coefficient (Wildman–Crippen LogP) is 4.94. The highest BCUT2D eigenvalue weighted by Crippen LogP contribution is 2.43. The van der Waals surface area contributed by atoms with Gasteiger partial charge in [0.1, 0.15) is 5.82 Å². The van der Waals surface area contributed by atoms with E-state index >= 15 is 0 Å². The number of amides is 1. The molecule has 4 nitrogen and oxygen atoms in total. The molecule has 0 aromatic heterocycles. The number of hydrogen-bond acceptors (Lipinski definition) is 3. The van der Waals surface area contributed by atoms with Gasteiger partial charge in [0.25, 0.3) is 5.91 Å². The number of carbonyl (C=O) groups excluding carboxylic acids is 2. The van der Waals surface area contributed by atoms with Crippen LogP contribution in [-0.2, 0) is 19.7 Å². The molecule has 2 aromatic rings. The van der Waals surface area contributed by atoms with Gasteiger partial charge in [0.15, 0.2) is 6.61 Å². The van der Waals surface area contributed by atoms with Crippen LogP contribution in [0.3, 0.4) is 0 Å². The van der Waals surface area contributed by atoms with Crippen molar-refractivity contribution in [3.63, 3.8) is 0 Å². The second-order valence-corrected chi connectivity index (χ2v) is 7.67. The van der Waals surface area contributed by atoms with Crippen molar-refractivity contribution in [2.75, 3.05) is 11.9 Å². The Morgan fingerprint density at radius 1 is 1.07 bits per heavy atom. The third-order valence-corrected chi connectivity index (χ3v) is 5.43. The molecular formula is C23H26FNO3. The molecule has 1 amide bonds. The van der Waals surface area contributed by atoms with Gasteiger partial charge >= 0.3 is 5.97 Å². The fourth-order valence-corrected chi connectivity index (χ4v) is 3.83. The SMILES string of the molecule is CC(C)c1ccc(NC(=O)COC(=O)C2(c3ccccc3F)CCCC2)cc1. The maximum Gasteiger partial charge on any atom is 0.317 e.